The molecule has 1 heterocycles. The fourth-order valence-corrected chi connectivity index (χ4v) is 2.21. The first-order valence-electron chi connectivity index (χ1n) is 5.99. The molecule has 3 heteroatoms. The fourth-order valence-electron chi connectivity index (χ4n) is 2.21. The highest BCUT2D eigenvalue weighted by Gasteiger charge is 2.30. The fraction of sp³-hybridized carbons (Fsp3) is 0.917. The normalized spacial score (nSPS) is 29.3. The van der Waals surface area contributed by atoms with E-state index in [0.717, 1.165) is 25.3 Å². The van der Waals surface area contributed by atoms with E-state index in [1.54, 1.807) is 0 Å². The summed E-state index contributed by atoms with van der Waals surface area (Å²) in [5.74, 6) is 1.09. The van der Waals surface area contributed by atoms with Crippen molar-refractivity contribution in [2.24, 2.45) is 17.6 Å². The molecule has 2 unspecified atom stereocenters. The number of nitrogens with zero attached hydrogens (tertiary/aromatic N) is 1. The number of rotatable bonds is 2. The van der Waals surface area contributed by atoms with Gasteiger partial charge >= 0.3 is 0 Å². The Morgan fingerprint density at radius 1 is 1.40 bits per heavy atom. The smallest absolute Gasteiger partial charge is 0.239 e. The quantitative estimate of drug-likeness (QED) is 0.756. The Morgan fingerprint density at radius 2 is 2.00 bits per heavy atom. The zero-order chi connectivity index (χ0) is 11.6. The molecule has 1 saturated heterocycles. The molecule has 0 aliphatic carbocycles. The lowest BCUT2D eigenvalue weighted by atomic mass is 9.92. The van der Waals surface area contributed by atoms with Gasteiger partial charge in [0.2, 0.25) is 5.91 Å². The Hall–Kier alpha value is -0.570. The molecule has 0 spiro atoms. The molecule has 1 aliphatic rings. The van der Waals surface area contributed by atoms with E-state index in [1.165, 1.54) is 0 Å². The average molecular weight is 212 g/mol. The van der Waals surface area contributed by atoms with Crippen molar-refractivity contribution >= 4 is 5.91 Å². The standard InChI is InChI=1S/C12H24N2O/c1-8(2)11(13)12(15)14-6-5-9(3)7-10(14)4/h8-11H,5-7,13H2,1-4H3/t9?,10?,11-/m0/s1. The molecule has 15 heavy (non-hydrogen) atoms. The summed E-state index contributed by atoms with van der Waals surface area (Å²) in [6.07, 6.45) is 2.22. The van der Waals surface area contributed by atoms with E-state index in [4.69, 9.17) is 5.73 Å². The SMILES string of the molecule is CC1CCN(C(=O)[C@@H](N)C(C)C)C(C)C1. The number of likely N-dealkylation sites (tertiary alicyclic amines) is 1. The van der Waals surface area contributed by atoms with Gasteiger partial charge < -0.3 is 10.6 Å². The first kappa shape index (κ1) is 12.5. The van der Waals surface area contributed by atoms with Gasteiger partial charge in [0, 0.05) is 12.6 Å². The van der Waals surface area contributed by atoms with Gasteiger partial charge in [0.1, 0.15) is 0 Å². The molecule has 0 radical (unpaired) electrons. The Bertz CT molecular complexity index is 228. The highest BCUT2D eigenvalue weighted by atomic mass is 16.2. The van der Waals surface area contributed by atoms with Crippen LogP contribution in [0.15, 0.2) is 0 Å². The van der Waals surface area contributed by atoms with Crippen LogP contribution in [0.5, 0.6) is 0 Å². The van der Waals surface area contributed by atoms with Gasteiger partial charge in [-0.2, -0.15) is 0 Å². The highest BCUT2D eigenvalue weighted by Crippen LogP contribution is 2.23. The van der Waals surface area contributed by atoms with Gasteiger partial charge in [-0.15, -0.1) is 0 Å². The molecule has 2 N–H and O–H groups in total. The lowest BCUT2D eigenvalue weighted by Crippen LogP contribution is -2.52. The van der Waals surface area contributed by atoms with Gasteiger partial charge in [-0.3, -0.25) is 4.79 Å². The van der Waals surface area contributed by atoms with Gasteiger partial charge in [-0.25, -0.2) is 0 Å². The molecule has 0 aromatic rings. The van der Waals surface area contributed by atoms with Crippen molar-refractivity contribution in [2.45, 2.75) is 52.6 Å². The molecule has 0 aromatic heterocycles. The van der Waals surface area contributed by atoms with Crippen molar-refractivity contribution in [2.75, 3.05) is 6.54 Å². The van der Waals surface area contributed by atoms with Gasteiger partial charge in [0.05, 0.1) is 6.04 Å². The Balaban J connectivity index is 2.60. The minimum atomic E-state index is -0.333. The number of amides is 1. The average Bonchev–Trinajstić information content (AvgIpc) is 2.15. The van der Waals surface area contributed by atoms with Crippen molar-refractivity contribution < 1.29 is 4.79 Å². The van der Waals surface area contributed by atoms with Gasteiger partial charge in [0.15, 0.2) is 0 Å². The zero-order valence-electron chi connectivity index (χ0n) is 10.4. The Morgan fingerprint density at radius 3 is 2.47 bits per heavy atom. The van der Waals surface area contributed by atoms with Crippen molar-refractivity contribution in [3.8, 4) is 0 Å². The largest absolute Gasteiger partial charge is 0.339 e. The summed E-state index contributed by atoms with van der Waals surface area (Å²) in [5.41, 5.74) is 5.90. The molecule has 1 aliphatic heterocycles. The molecule has 3 atom stereocenters. The van der Waals surface area contributed by atoms with Crippen LogP contribution in [-0.4, -0.2) is 29.4 Å². The summed E-state index contributed by atoms with van der Waals surface area (Å²) in [6, 6.07) is 0.0203. The van der Waals surface area contributed by atoms with Crippen LogP contribution < -0.4 is 5.73 Å². The topological polar surface area (TPSA) is 46.3 Å². The van der Waals surface area contributed by atoms with Crippen LogP contribution in [0.1, 0.15) is 40.5 Å². The van der Waals surface area contributed by atoms with E-state index in [9.17, 15) is 4.79 Å². The Labute approximate surface area is 93.0 Å². The van der Waals surface area contributed by atoms with Crippen molar-refractivity contribution in [1.29, 1.82) is 0 Å². The van der Waals surface area contributed by atoms with E-state index in [0.29, 0.717) is 6.04 Å². The van der Waals surface area contributed by atoms with Crippen LogP contribution in [0, 0.1) is 11.8 Å². The number of hydrogen-bond acceptors (Lipinski definition) is 2. The van der Waals surface area contributed by atoms with E-state index in [2.05, 4.69) is 13.8 Å². The summed E-state index contributed by atoms with van der Waals surface area (Å²) in [4.78, 5) is 14.0. The van der Waals surface area contributed by atoms with Crippen LogP contribution in [0.25, 0.3) is 0 Å². The summed E-state index contributed by atoms with van der Waals surface area (Å²) in [5, 5.41) is 0. The first-order chi connectivity index (χ1) is 6.93. The molecule has 0 saturated carbocycles. The predicted molar refractivity (Wildman–Crippen MR) is 62.4 cm³/mol. The molecule has 1 amide bonds. The molecule has 1 rings (SSSR count). The second kappa shape index (κ2) is 4.97. The van der Waals surface area contributed by atoms with Gasteiger partial charge in [-0.05, 0) is 31.6 Å². The molecule has 3 nitrogen and oxygen atoms in total. The third-order valence-electron chi connectivity index (χ3n) is 3.42. The summed E-state index contributed by atoms with van der Waals surface area (Å²) < 4.78 is 0. The summed E-state index contributed by atoms with van der Waals surface area (Å²) in [6.45, 7) is 9.25. The third kappa shape index (κ3) is 2.94. The number of nitrogens with two attached hydrogens (primary N) is 1. The molecule has 88 valence electrons. The maximum atomic E-state index is 12.1. The summed E-state index contributed by atoms with van der Waals surface area (Å²) >= 11 is 0. The number of piperidine rings is 1. The van der Waals surface area contributed by atoms with Crippen LogP contribution in [0.3, 0.4) is 0 Å². The monoisotopic (exact) mass is 212 g/mol. The lowest BCUT2D eigenvalue weighted by Gasteiger charge is -2.38. The van der Waals surface area contributed by atoms with Gasteiger partial charge in [-0.1, -0.05) is 20.8 Å². The van der Waals surface area contributed by atoms with E-state index < -0.39 is 0 Å². The second-order valence-electron chi connectivity index (χ2n) is 5.28. The minimum absolute atomic E-state index is 0.129. The maximum Gasteiger partial charge on any atom is 0.239 e. The summed E-state index contributed by atoms with van der Waals surface area (Å²) in [7, 11) is 0. The van der Waals surface area contributed by atoms with E-state index >= 15 is 0 Å². The molecular weight excluding hydrogens is 188 g/mol. The van der Waals surface area contributed by atoms with E-state index in [-0.39, 0.29) is 17.9 Å². The molecule has 0 aromatic carbocycles. The van der Waals surface area contributed by atoms with Crippen LogP contribution in [0.2, 0.25) is 0 Å². The number of hydrogen-bond donors (Lipinski definition) is 1. The Kier molecular flexibility index (Phi) is 4.14. The van der Waals surface area contributed by atoms with Crippen LogP contribution in [0.4, 0.5) is 0 Å². The van der Waals surface area contributed by atoms with Crippen molar-refractivity contribution in [1.82, 2.24) is 4.90 Å². The minimum Gasteiger partial charge on any atom is -0.339 e. The third-order valence-corrected chi connectivity index (χ3v) is 3.42. The van der Waals surface area contributed by atoms with Crippen molar-refractivity contribution in [3.63, 3.8) is 0 Å². The van der Waals surface area contributed by atoms with E-state index in [1.807, 2.05) is 18.7 Å². The van der Waals surface area contributed by atoms with Crippen LogP contribution >= 0.6 is 0 Å². The predicted octanol–water partition coefficient (Wildman–Crippen LogP) is 1.62. The number of carbonyl (C=O) groups excluding carboxylic acids is 1. The number of carbonyl (C=O) groups is 1. The zero-order valence-corrected chi connectivity index (χ0v) is 10.4. The first-order valence-corrected chi connectivity index (χ1v) is 5.99. The molecular formula is C12H24N2O. The van der Waals surface area contributed by atoms with Gasteiger partial charge in [0.25, 0.3) is 0 Å². The lowest BCUT2D eigenvalue weighted by molar-refractivity contribution is -0.137. The molecule has 1 fully saturated rings. The maximum absolute atomic E-state index is 12.1. The van der Waals surface area contributed by atoms with Crippen molar-refractivity contribution in [3.05, 3.63) is 0 Å². The second-order valence-corrected chi connectivity index (χ2v) is 5.28. The molecule has 0 bridgehead atoms. The van der Waals surface area contributed by atoms with Crippen LogP contribution in [-0.2, 0) is 4.79 Å². The highest BCUT2D eigenvalue weighted by molar-refractivity contribution is 5.82.